The summed E-state index contributed by atoms with van der Waals surface area (Å²) in [6.45, 7) is 1.10. The first-order valence-electron chi connectivity index (χ1n) is 5.15. The van der Waals surface area contributed by atoms with E-state index in [1.165, 1.54) is 0 Å². The number of anilines is 1. The Morgan fingerprint density at radius 2 is 2.25 bits per heavy atom. The van der Waals surface area contributed by atoms with Gasteiger partial charge in [-0.05, 0) is 41.0 Å². The molecule has 1 aromatic rings. The fraction of sp³-hybridized carbons (Fsp3) is 0.364. The summed E-state index contributed by atoms with van der Waals surface area (Å²) in [5, 5.41) is 0. The fourth-order valence-electron chi connectivity index (χ4n) is 1.73. The van der Waals surface area contributed by atoms with Gasteiger partial charge in [0.15, 0.2) is 0 Å². The lowest BCUT2D eigenvalue weighted by Gasteiger charge is -2.14. The van der Waals surface area contributed by atoms with E-state index < -0.39 is 0 Å². The van der Waals surface area contributed by atoms with Gasteiger partial charge in [-0.2, -0.15) is 0 Å². The number of halogens is 1. The second kappa shape index (κ2) is 4.84. The molecule has 0 aromatic heterocycles. The van der Waals surface area contributed by atoms with Crippen molar-refractivity contribution in [3.05, 3.63) is 28.7 Å². The zero-order chi connectivity index (χ0) is 11.5. The zero-order valence-corrected chi connectivity index (χ0v) is 10.3. The van der Waals surface area contributed by atoms with Crippen LogP contribution in [0.25, 0.3) is 0 Å². The number of carbonyl (C=O) groups is 1. The molecule has 1 aliphatic heterocycles. The molecule has 16 heavy (non-hydrogen) atoms. The number of nitrogens with zero attached hydrogens (tertiary/aromatic N) is 1. The Morgan fingerprint density at radius 3 is 2.94 bits per heavy atom. The molecule has 86 valence electrons. The van der Waals surface area contributed by atoms with Gasteiger partial charge in [0, 0.05) is 4.47 Å². The number of nitrogens with two attached hydrogens (primary N) is 1. The van der Waals surface area contributed by atoms with Crippen molar-refractivity contribution in [2.45, 2.75) is 12.5 Å². The van der Waals surface area contributed by atoms with Gasteiger partial charge in [-0.1, -0.05) is 12.1 Å². The molecule has 5 heteroatoms. The zero-order valence-electron chi connectivity index (χ0n) is 8.73. The van der Waals surface area contributed by atoms with Crippen LogP contribution in [0.3, 0.4) is 0 Å². The van der Waals surface area contributed by atoms with Crippen LogP contribution in [-0.2, 0) is 4.74 Å². The number of amides is 1. The van der Waals surface area contributed by atoms with Gasteiger partial charge in [0.25, 0.3) is 0 Å². The quantitative estimate of drug-likeness (QED) is 0.925. The Kier molecular flexibility index (Phi) is 3.46. The summed E-state index contributed by atoms with van der Waals surface area (Å²) in [6.07, 6.45) is 0.308. The molecule has 0 bridgehead atoms. The van der Waals surface area contributed by atoms with Crippen LogP contribution in [0.4, 0.5) is 10.5 Å². The summed E-state index contributed by atoms with van der Waals surface area (Å²) in [5.41, 5.74) is 6.29. The van der Waals surface area contributed by atoms with E-state index in [1.54, 1.807) is 4.90 Å². The van der Waals surface area contributed by atoms with E-state index in [1.807, 2.05) is 24.3 Å². The Balaban J connectivity index is 2.17. The second-order valence-electron chi connectivity index (χ2n) is 3.65. The van der Waals surface area contributed by atoms with E-state index in [0.29, 0.717) is 19.5 Å². The Bertz CT molecular complexity index is 397. The highest BCUT2D eigenvalue weighted by atomic mass is 79.9. The summed E-state index contributed by atoms with van der Waals surface area (Å²) in [7, 11) is 0. The molecule has 1 unspecified atom stereocenters. The third kappa shape index (κ3) is 2.20. The van der Waals surface area contributed by atoms with Crippen LogP contribution < -0.4 is 10.6 Å². The molecule has 2 rings (SSSR count). The average Bonchev–Trinajstić information content (AvgIpc) is 2.61. The summed E-state index contributed by atoms with van der Waals surface area (Å²) in [5.74, 6) is 0. The molecule has 2 N–H and O–H groups in total. The Hall–Kier alpha value is -1.07. The van der Waals surface area contributed by atoms with Crippen LogP contribution >= 0.6 is 15.9 Å². The van der Waals surface area contributed by atoms with E-state index in [4.69, 9.17) is 10.5 Å². The first kappa shape index (κ1) is 11.4. The third-order valence-corrected chi connectivity index (χ3v) is 3.18. The molecule has 1 heterocycles. The van der Waals surface area contributed by atoms with Crippen LogP contribution in [0.2, 0.25) is 0 Å². The van der Waals surface area contributed by atoms with E-state index >= 15 is 0 Å². The van der Waals surface area contributed by atoms with E-state index in [-0.39, 0.29) is 12.2 Å². The molecule has 1 amide bonds. The largest absolute Gasteiger partial charge is 0.444 e. The maximum absolute atomic E-state index is 11.7. The van der Waals surface area contributed by atoms with E-state index in [2.05, 4.69) is 15.9 Å². The lowest BCUT2D eigenvalue weighted by molar-refractivity contribution is 0.138. The van der Waals surface area contributed by atoms with Gasteiger partial charge in [0.05, 0.1) is 12.2 Å². The maximum atomic E-state index is 11.7. The van der Waals surface area contributed by atoms with Gasteiger partial charge in [-0.25, -0.2) is 4.79 Å². The van der Waals surface area contributed by atoms with Crippen LogP contribution in [-0.4, -0.2) is 25.3 Å². The van der Waals surface area contributed by atoms with Gasteiger partial charge in [0.2, 0.25) is 0 Å². The minimum Gasteiger partial charge on any atom is -0.444 e. The standard InChI is InChI=1S/C11H13BrN2O2/c12-9-3-1-2-4-10(9)14-7-8(5-6-13)16-11(14)15/h1-4,8H,5-7,13H2. The van der Waals surface area contributed by atoms with Crippen LogP contribution in [0.5, 0.6) is 0 Å². The average molecular weight is 285 g/mol. The first-order valence-corrected chi connectivity index (χ1v) is 5.94. The minimum absolute atomic E-state index is 0.0930. The molecule has 0 aliphatic carbocycles. The molecular formula is C11H13BrN2O2. The summed E-state index contributed by atoms with van der Waals surface area (Å²) in [6, 6.07) is 7.59. The van der Waals surface area contributed by atoms with Crippen molar-refractivity contribution in [1.29, 1.82) is 0 Å². The third-order valence-electron chi connectivity index (χ3n) is 2.51. The molecule has 1 aromatic carbocycles. The number of carbonyl (C=O) groups excluding carboxylic acids is 1. The van der Waals surface area contributed by atoms with Crippen molar-refractivity contribution < 1.29 is 9.53 Å². The Morgan fingerprint density at radius 1 is 1.50 bits per heavy atom. The number of rotatable bonds is 3. The lowest BCUT2D eigenvalue weighted by atomic mass is 10.2. The summed E-state index contributed by atoms with van der Waals surface area (Å²) >= 11 is 3.42. The van der Waals surface area contributed by atoms with Gasteiger partial charge >= 0.3 is 6.09 Å². The summed E-state index contributed by atoms with van der Waals surface area (Å²) in [4.78, 5) is 13.3. The van der Waals surface area contributed by atoms with Gasteiger partial charge in [0.1, 0.15) is 6.10 Å². The predicted molar refractivity (Wildman–Crippen MR) is 65.4 cm³/mol. The first-order chi connectivity index (χ1) is 7.72. The number of ether oxygens (including phenoxy) is 1. The van der Waals surface area contributed by atoms with E-state index in [9.17, 15) is 4.79 Å². The molecule has 4 nitrogen and oxygen atoms in total. The SMILES string of the molecule is NCCC1CN(c2ccccc2Br)C(=O)O1. The number of cyclic esters (lactones) is 1. The van der Waals surface area contributed by atoms with Crippen molar-refractivity contribution in [1.82, 2.24) is 0 Å². The van der Waals surface area contributed by atoms with Gasteiger partial charge < -0.3 is 10.5 Å². The number of benzene rings is 1. The maximum Gasteiger partial charge on any atom is 0.414 e. The van der Waals surface area contributed by atoms with E-state index in [0.717, 1.165) is 10.2 Å². The highest BCUT2D eigenvalue weighted by Crippen LogP contribution is 2.29. The highest BCUT2D eigenvalue weighted by Gasteiger charge is 2.32. The molecular weight excluding hydrogens is 272 g/mol. The molecule has 1 fully saturated rings. The topological polar surface area (TPSA) is 55.6 Å². The van der Waals surface area contributed by atoms with Crippen molar-refractivity contribution in [3.8, 4) is 0 Å². The monoisotopic (exact) mass is 284 g/mol. The van der Waals surface area contributed by atoms with Gasteiger partial charge in [-0.3, -0.25) is 4.90 Å². The molecule has 1 aliphatic rings. The highest BCUT2D eigenvalue weighted by molar-refractivity contribution is 9.10. The molecule has 0 spiro atoms. The van der Waals surface area contributed by atoms with Gasteiger partial charge in [-0.15, -0.1) is 0 Å². The van der Waals surface area contributed by atoms with Crippen LogP contribution in [0.1, 0.15) is 6.42 Å². The smallest absolute Gasteiger partial charge is 0.414 e. The van der Waals surface area contributed by atoms with Crippen molar-refractivity contribution in [2.75, 3.05) is 18.0 Å². The van der Waals surface area contributed by atoms with Crippen molar-refractivity contribution >= 4 is 27.7 Å². The molecule has 0 saturated carbocycles. The molecule has 1 saturated heterocycles. The second-order valence-corrected chi connectivity index (χ2v) is 4.50. The molecule has 1 atom stereocenters. The summed E-state index contributed by atoms with van der Waals surface area (Å²) < 4.78 is 6.10. The fourth-order valence-corrected chi connectivity index (χ4v) is 2.22. The predicted octanol–water partition coefficient (Wildman–Crippen LogP) is 2.12. The minimum atomic E-state index is -0.301. The normalized spacial score (nSPS) is 20.0. The van der Waals surface area contributed by atoms with Crippen molar-refractivity contribution in [3.63, 3.8) is 0 Å². The Labute approximate surface area is 102 Å². The number of hydrogen-bond donors (Lipinski definition) is 1. The van der Waals surface area contributed by atoms with Crippen LogP contribution in [0.15, 0.2) is 28.7 Å². The number of hydrogen-bond acceptors (Lipinski definition) is 3. The lowest BCUT2D eigenvalue weighted by Crippen LogP contribution is -2.25. The van der Waals surface area contributed by atoms with Crippen LogP contribution in [0, 0.1) is 0 Å². The van der Waals surface area contributed by atoms with Crippen molar-refractivity contribution in [2.24, 2.45) is 5.73 Å². The molecule has 0 radical (unpaired) electrons. The number of para-hydroxylation sites is 1.